The highest BCUT2D eigenvalue weighted by Gasteiger charge is 2.05. The Morgan fingerprint density at radius 1 is 1.60 bits per heavy atom. The van der Waals surface area contributed by atoms with Crippen LogP contribution in [0.25, 0.3) is 17.7 Å². The Hall–Kier alpha value is -1.37. The van der Waals surface area contributed by atoms with E-state index in [1.807, 2.05) is 13.1 Å². The van der Waals surface area contributed by atoms with Crippen molar-refractivity contribution in [2.45, 2.75) is 26.7 Å². The predicted molar refractivity (Wildman–Crippen MR) is 65.5 cm³/mol. The molecule has 1 aromatic rings. The maximum absolute atomic E-state index is 4.49. The molecule has 0 bridgehead atoms. The van der Waals surface area contributed by atoms with Gasteiger partial charge in [0.1, 0.15) is 0 Å². The molecule has 1 nitrogen and oxygen atoms in total. The Morgan fingerprint density at radius 3 is 3.07 bits per heavy atom. The van der Waals surface area contributed by atoms with E-state index in [2.05, 4.69) is 36.7 Å². The van der Waals surface area contributed by atoms with E-state index in [0.717, 1.165) is 22.9 Å². The zero-order valence-corrected chi connectivity index (χ0v) is 9.46. The van der Waals surface area contributed by atoms with E-state index in [-0.39, 0.29) is 0 Å². The van der Waals surface area contributed by atoms with Crippen LogP contribution in [0, 0.1) is 5.92 Å². The average molecular weight is 199 g/mol. The summed E-state index contributed by atoms with van der Waals surface area (Å²) in [5.74, 6) is 0.667. The van der Waals surface area contributed by atoms with Gasteiger partial charge >= 0.3 is 0 Å². The Labute approximate surface area is 90.9 Å². The molecular weight excluding hydrogens is 182 g/mol. The van der Waals surface area contributed by atoms with Crippen molar-refractivity contribution in [3.63, 3.8) is 0 Å². The van der Waals surface area contributed by atoms with Gasteiger partial charge in [-0.05, 0) is 48.1 Å². The molecule has 0 amide bonds. The SMILES string of the molecule is C=C(C)c1cnc2c(c1)=CCC(CC)C=2. The van der Waals surface area contributed by atoms with E-state index in [1.54, 1.807) is 0 Å². The number of aromatic nitrogens is 1. The van der Waals surface area contributed by atoms with Gasteiger partial charge in [-0.2, -0.15) is 0 Å². The molecule has 1 unspecified atom stereocenters. The van der Waals surface area contributed by atoms with Crippen LogP contribution in [0.5, 0.6) is 0 Å². The molecule has 0 aliphatic heterocycles. The van der Waals surface area contributed by atoms with Gasteiger partial charge in [0.2, 0.25) is 0 Å². The third kappa shape index (κ3) is 2.01. The van der Waals surface area contributed by atoms with Crippen molar-refractivity contribution < 1.29 is 0 Å². The van der Waals surface area contributed by atoms with Crippen LogP contribution < -0.4 is 10.6 Å². The minimum absolute atomic E-state index is 0.667. The highest BCUT2D eigenvalue weighted by Crippen LogP contribution is 2.12. The Balaban J connectivity index is 2.53. The van der Waals surface area contributed by atoms with Crippen molar-refractivity contribution in [1.82, 2.24) is 4.98 Å². The summed E-state index contributed by atoms with van der Waals surface area (Å²) in [6.45, 7) is 8.18. The standard InChI is InChI=1S/C14H17N/c1-4-11-5-6-12-8-13(10(2)3)9-15-14(12)7-11/h6-9,11H,2,4-5H2,1,3H3. The Morgan fingerprint density at radius 2 is 2.40 bits per heavy atom. The summed E-state index contributed by atoms with van der Waals surface area (Å²) >= 11 is 0. The molecule has 0 saturated heterocycles. The lowest BCUT2D eigenvalue weighted by Gasteiger charge is -2.11. The second-order valence-electron chi connectivity index (χ2n) is 4.25. The molecule has 1 aromatic heterocycles. The Bertz CT molecular complexity index is 497. The van der Waals surface area contributed by atoms with Gasteiger partial charge in [0, 0.05) is 6.20 Å². The molecule has 0 aromatic carbocycles. The zero-order chi connectivity index (χ0) is 10.8. The molecule has 2 rings (SSSR count). The summed E-state index contributed by atoms with van der Waals surface area (Å²) in [7, 11) is 0. The maximum Gasteiger partial charge on any atom is 0.0662 e. The monoisotopic (exact) mass is 199 g/mol. The van der Waals surface area contributed by atoms with Gasteiger partial charge in [-0.15, -0.1) is 0 Å². The topological polar surface area (TPSA) is 12.9 Å². The molecule has 78 valence electrons. The van der Waals surface area contributed by atoms with E-state index in [9.17, 15) is 0 Å². The summed E-state index contributed by atoms with van der Waals surface area (Å²) in [5, 5.41) is 2.40. The molecular formula is C14H17N. The first-order valence-electron chi connectivity index (χ1n) is 5.54. The summed E-state index contributed by atoms with van der Waals surface area (Å²) in [5.41, 5.74) is 2.23. The van der Waals surface area contributed by atoms with Gasteiger partial charge in [0.25, 0.3) is 0 Å². The summed E-state index contributed by atoms with van der Waals surface area (Å²) in [4.78, 5) is 4.49. The average Bonchev–Trinajstić information content (AvgIpc) is 2.27. The molecule has 1 heterocycles. The fraction of sp³-hybridized carbons (Fsp3) is 0.357. The molecule has 0 radical (unpaired) electrons. The largest absolute Gasteiger partial charge is 0.256 e. The van der Waals surface area contributed by atoms with Crippen LogP contribution in [0.4, 0.5) is 0 Å². The third-order valence-electron chi connectivity index (χ3n) is 3.00. The maximum atomic E-state index is 4.49. The molecule has 1 aliphatic carbocycles. The van der Waals surface area contributed by atoms with Crippen LogP contribution in [0.2, 0.25) is 0 Å². The van der Waals surface area contributed by atoms with E-state index < -0.39 is 0 Å². The van der Waals surface area contributed by atoms with Crippen molar-refractivity contribution in [3.8, 4) is 0 Å². The summed E-state index contributed by atoms with van der Waals surface area (Å²) in [6.07, 6.45) is 8.84. The number of fused-ring (bicyclic) bond motifs is 1. The van der Waals surface area contributed by atoms with Crippen molar-refractivity contribution in [2.24, 2.45) is 5.92 Å². The van der Waals surface area contributed by atoms with Crippen LogP contribution >= 0.6 is 0 Å². The van der Waals surface area contributed by atoms with Gasteiger partial charge < -0.3 is 0 Å². The molecule has 0 spiro atoms. The summed E-state index contributed by atoms with van der Waals surface area (Å²) in [6, 6.07) is 2.19. The van der Waals surface area contributed by atoms with Crippen LogP contribution in [-0.4, -0.2) is 4.98 Å². The number of rotatable bonds is 2. The van der Waals surface area contributed by atoms with E-state index in [4.69, 9.17) is 0 Å². The molecule has 1 atom stereocenters. The second-order valence-corrected chi connectivity index (χ2v) is 4.25. The predicted octanol–water partition coefficient (Wildman–Crippen LogP) is 2.11. The van der Waals surface area contributed by atoms with Crippen molar-refractivity contribution in [1.29, 1.82) is 0 Å². The van der Waals surface area contributed by atoms with Gasteiger partial charge in [-0.1, -0.05) is 25.7 Å². The molecule has 1 aliphatic rings. The van der Waals surface area contributed by atoms with Crippen LogP contribution in [0.3, 0.4) is 0 Å². The highest BCUT2D eigenvalue weighted by atomic mass is 14.6. The molecule has 0 saturated carbocycles. The minimum atomic E-state index is 0.667. The first-order chi connectivity index (χ1) is 7.20. The van der Waals surface area contributed by atoms with E-state index in [0.29, 0.717) is 5.92 Å². The van der Waals surface area contributed by atoms with Gasteiger partial charge in [-0.3, -0.25) is 4.98 Å². The molecule has 0 fully saturated rings. The van der Waals surface area contributed by atoms with Crippen LogP contribution in [-0.2, 0) is 0 Å². The lowest BCUT2D eigenvalue weighted by atomic mass is 9.96. The third-order valence-corrected chi connectivity index (χ3v) is 3.00. The number of hydrogen-bond acceptors (Lipinski definition) is 1. The van der Waals surface area contributed by atoms with Crippen molar-refractivity contribution >= 4 is 17.7 Å². The minimum Gasteiger partial charge on any atom is -0.256 e. The lowest BCUT2D eigenvalue weighted by Crippen LogP contribution is -2.32. The Kier molecular flexibility index (Phi) is 2.72. The number of hydrogen-bond donors (Lipinski definition) is 0. The van der Waals surface area contributed by atoms with E-state index in [1.165, 1.54) is 11.6 Å². The smallest absolute Gasteiger partial charge is 0.0662 e. The molecule has 0 N–H and O–H groups in total. The van der Waals surface area contributed by atoms with E-state index >= 15 is 0 Å². The van der Waals surface area contributed by atoms with Crippen molar-refractivity contribution in [3.05, 3.63) is 35.0 Å². The molecule has 1 heteroatoms. The molecule has 15 heavy (non-hydrogen) atoms. The first-order valence-corrected chi connectivity index (χ1v) is 5.54. The van der Waals surface area contributed by atoms with Crippen molar-refractivity contribution in [2.75, 3.05) is 0 Å². The number of pyridine rings is 1. The van der Waals surface area contributed by atoms with Crippen LogP contribution in [0.1, 0.15) is 32.3 Å². The lowest BCUT2D eigenvalue weighted by molar-refractivity contribution is 0.679. The number of nitrogens with zero attached hydrogens (tertiary/aromatic N) is 1. The first kappa shape index (κ1) is 10.2. The fourth-order valence-corrected chi connectivity index (χ4v) is 1.88. The van der Waals surface area contributed by atoms with Gasteiger partial charge in [-0.25, -0.2) is 0 Å². The van der Waals surface area contributed by atoms with Crippen LogP contribution in [0.15, 0.2) is 18.8 Å². The number of allylic oxidation sites excluding steroid dienone is 1. The van der Waals surface area contributed by atoms with Gasteiger partial charge in [0.15, 0.2) is 0 Å². The zero-order valence-electron chi connectivity index (χ0n) is 9.46. The fourth-order valence-electron chi connectivity index (χ4n) is 1.88. The quantitative estimate of drug-likeness (QED) is 0.711. The second kappa shape index (κ2) is 4.01. The highest BCUT2D eigenvalue weighted by molar-refractivity contribution is 5.60. The normalized spacial score (nSPS) is 18.7. The van der Waals surface area contributed by atoms with Gasteiger partial charge in [0.05, 0.1) is 5.35 Å². The summed E-state index contributed by atoms with van der Waals surface area (Å²) < 4.78 is 0.